The second-order valence-electron chi connectivity index (χ2n) is 3.98. The van der Waals surface area contributed by atoms with Gasteiger partial charge in [-0.25, -0.2) is 0 Å². The monoisotopic (exact) mass is 403 g/mol. The Balaban J connectivity index is 1.64. The van der Waals surface area contributed by atoms with Crippen LogP contribution in [0.3, 0.4) is 0 Å². The molecule has 0 radical (unpaired) electrons. The maximum Gasteiger partial charge on any atom is 0.147 e. The quantitative estimate of drug-likeness (QED) is 0.686. The third-order valence-electron chi connectivity index (χ3n) is 2.57. The van der Waals surface area contributed by atoms with Crippen LogP contribution in [0.4, 0.5) is 0 Å². The van der Waals surface area contributed by atoms with E-state index >= 15 is 0 Å². The molecule has 5 heteroatoms. The molecule has 0 saturated heterocycles. The summed E-state index contributed by atoms with van der Waals surface area (Å²) in [4.78, 5) is 1.42. The molecule has 1 heterocycles. The van der Waals surface area contributed by atoms with Crippen molar-refractivity contribution in [3.63, 3.8) is 0 Å². The van der Waals surface area contributed by atoms with Crippen LogP contribution in [0.25, 0.3) is 0 Å². The van der Waals surface area contributed by atoms with Crippen molar-refractivity contribution >= 4 is 43.2 Å². The van der Waals surface area contributed by atoms with E-state index < -0.39 is 0 Å². The molecule has 0 bridgehead atoms. The van der Waals surface area contributed by atoms with Crippen molar-refractivity contribution in [3.8, 4) is 5.75 Å². The number of hydrogen-bond acceptors (Lipinski definition) is 3. The summed E-state index contributed by atoms with van der Waals surface area (Å²) in [6, 6.07) is 10.2. The molecule has 0 spiro atoms. The predicted molar refractivity (Wildman–Crippen MR) is 88.2 cm³/mol. The van der Waals surface area contributed by atoms with Crippen molar-refractivity contribution in [1.82, 2.24) is 5.32 Å². The molecular weight excluding hydrogens is 390 g/mol. The summed E-state index contributed by atoms with van der Waals surface area (Å²) in [6.45, 7) is 2.49. The van der Waals surface area contributed by atoms with Crippen molar-refractivity contribution in [2.75, 3.05) is 19.7 Å². The van der Waals surface area contributed by atoms with E-state index in [9.17, 15) is 0 Å². The van der Waals surface area contributed by atoms with Gasteiger partial charge in [-0.3, -0.25) is 0 Å². The number of thiophene rings is 1. The van der Waals surface area contributed by atoms with Gasteiger partial charge in [0.1, 0.15) is 12.4 Å². The summed E-state index contributed by atoms with van der Waals surface area (Å²) >= 11 is 8.77. The number of rotatable bonds is 7. The van der Waals surface area contributed by atoms with E-state index in [0.29, 0.717) is 6.61 Å². The summed E-state index contributed by atoms with van der Waals surface area (Å²) in [5.74, 6) is 0.863. The minimum absolute atomic E-state index is 0.658. The number of ether oxygens (including phenoxy) is 1. The zero-order chi connectivity index (χ0) is 13.5. The van der Waals surface area contributed by atoms with Gasteiger partial charge in [-0.1, -0.05) is 12.1 Å². The lowest BCUT2D eigenvalue weighted by Crippen LogP contribution is -2.23. The molecular formula is C14H15Br2NOS. The first kappa shape index (κ1) is 15.0. The SMILES string of the molecule is Brc1cccc(Br)c1OCCNCCc1cccs1. The van der Waals surface area contributed by atoms with E-state index in [0.717, 1.165) is 34.2 Å². The average Bonchev–Trinajstić information content (AvgIpc) is 2.89. The van der Waals surface area contributed by atoms with E-state index in [1.807, 2.05) is 18.2 Å². The normalized spacial score (nSPS) is 10.6. The zero-order valence-electron chi connectivity index (χ0n) is 10.4. The molecule has 0 aliphatic rings. The van der Waals surface area contributed by atoms with E-state index in [1.54, 1.807) is 11.3 Å². The Morgan fingerprint density at radius 3 is 2.53 bits per heavy atom. The Kier molecular flexibility index (Phi) is 6.37. The smallest absolute Gasteiger partial charge is 0.147 e. The molecule has 0 atom stereocenters. The van der Waals surface area contributed by atoms with Gasteiger partial charge in [0.2, 0.25) is 0 Å². The van der Waals surface area contributed by atoms with Crippen molar-refractivity contribution in [3.05, 3.63) is 49.5 Å². The molecule has 0 aliphatic carbocycles. The van der Waals surface area contributed by atoms with E-state index in [1.165, 1.54) is 4.88 Å². The highest BCUT2D eigenvalue weighted by molar-refractivity contribution is 9.11. The number of benzene rings is 1. The van der Waals surface area contributed by atoms with Gasteiger partial charge in [0, 0.05) is 18.0 Å². The Labute approximate surface area is 134 Å². The number of hydrogen-bond donors (Lipinski definition) is 1. The van der Waals surface area contributed by atoms with Crippen molar-refractivity contribution in [2.24, 2.45) is 0 Å². The summed E-state index contributed by atoms with van der Waals surface area (Å²) in [5, 5.41) is 5.50. The van der Waals surface area contributed by atoms with Crippen LogP contribution in [0.2, 0.25) is 0 Å². The second kappa shape index (κ2) is 8.04. The predicted octanol–water partition coefficient (Wildman–Crippen LogP) is 4.48. The van der Waals surface area contributed by atoms with Gasteiger partial charge in [-0.15, -0.1) is 11.3 Å². The van der Waals surface area contributed by atoms with Crippen LogP contribution in [0.1, 0.15) is 4.88 Å². The molecule has 2 aromatic rings. The summed E-state index contributed by atoms with van der Waals surface area (Å²) in [6.07, 6.45) is 1.08. The molecule has 0 aliphatic heterocycles. The van der Waals surface area contributed by atoms with E-state index in [4.69, 9.17) is 4.74 Å². The van der Waals surface area contributed by atoms with Gasteiger partial charge in [0.25, 0.3) is 0 Å². The van der Waals surface area contributed by atoms with Crippen LogP contribution >= 0.6 is 43.2 Å². The molecule has 1 N–H and O–H groups in total. The lowest BCUT2D eigenvalue weighted by Gasteiger charge is -2.10. The van der Waals surface area contributed by atoms with Gasteiger partial charge in [0.15, 0.2) is 0 Å². The number of nitrogens with one attached hydrogen (secondary N) is 1. The molecule has 1 aromatic heterocycles. The van der Waals surface area contributed by atoms with Crippen LogP contribution in [0, 0.1) is 0 Å². The lowest BCUT2D eigenvalue weighted by molar-refractivity contribution is 0.311. The third-order valence-corrected chi connectivity index (χ3v) is 4.76. The Morgan fingerprint density at radius 1 is 1.05 bits per heavy atom. The highest BCUT2D eigenvalue weighted by Crippen LogP contribution is 2.32. The first-order valence-electron chi connectivity index (χ1n) is 6.07. The standard InChI is InChI=1S/C14H15Br2NOS/c15-12-4-1-5-13(16)14(12)18-9-8-17-7-6-11-3-2-10-19-11/h1-5,10,17H,6-9H2. The maximum absolute atomic E-state index is 5.75. The van der Waals surface area contributed by atoms with Gasteiger partial charge in [-0.05, 0) is 61.9 Å². The van der Waals surface area contributed by atoms with Gasteiger partial charge in [-0.2, -0.15) is 0 Å². The van der Waals surface area contributed by atoms with Gasteiger partial charge < -0.3 is 10.1 Å². The fourth-order valence-corrected chi connectivity index (χ4v) is 3.57. The number of para-hydroxylation sites is 1. The fourth-order valence-electron chi connectivity index (χ4n) is 1.64. The first-order chi connectivity index (χ1) is 9.27. The van der Waals surface area contributed by atoms with E-state index in [-0.39, 0.29) is 0 Å². The molecule has 102 valence electrons. The fraction of sp³-hybridized carbons (Fsp3) is 0.286. The molecule has 0 unspecified atom stereocenters. The van der Waals surface area contributed by atoms with Crippen LogP contribution in [-0.4, -0.2) is 19.7 Å². The van der Waals surface area contributed by atoms with Crippen LogP contribution in [-0.2, 0) is 6.42 Å². The van der Waals surface area contributed by atoms with Crippen molar-refractivity contribution < 1.29 is 4.74 Å². The molecule has 0 saturated carbocycles. The van der Waals surface area contributed by atoms with Crippen LogP contribution < -0.4 is 10.1 Å². The Morgan fingerprint density at radius 2 is 1.84 bits per heavy atom. The number of halogens is 2. The summed E-state index contributed by atoms with van der Waals surface area (Å²) < 4.78 is 7.70. The van der Waals surface area contributed by atoms with Crippen LogP contribution in [0.15, 0.2) is 44.7 Å². The summed E-state index contributed by atoms with van der Waals surface area (Å²) in [7, 11) is 0. The second-order valence-corrected chi connectivity index (χ2v) is 6.72. The molecule has 19 heavy (non-hydrogen) atoms. The average molecular weight is 405 g/mol. The Bertz CT molecular complexity index is 482. The van der Waals surface area contributed by atoms with Crippen LogP contribution in [0.5, 0.6) is 5.75 Å². The largest absolute Gasteiger partial charge is 0.490 e. The highest BCUT2D eigenvalue weighted by atomic mass is 79.9. The van der Waals surface area contributed by atoms with Gasteiger partial charge in [0.05, 0.1) is 8.95 Å². The summed E-state index contributed by atoms with van der Waals surface area (Å²) in [5.41, 5.74) is 0. The molecule has 0 fully saturated rings. The maximum atomic E-state index is 5.75. The minimum atomic E-state index is 0.658. The Hall–Kier alpha value is -0.360. The molecule has 2 nitrogen and oxygen atoms in total. The van der Waals surface area contributed by atoms with Crippen molar-refractivity contribution in [1.29, 1.82) is 0 Å². The van der Waals surface area contributed by atoms with Gasteiger partial charge >= 0.3 is 0 Å². The lowest BCUT2D eigenvalue weighted by atomic mass is 10.3. The van der Waals surface area contributed by atoms with E-state index in [2.05, 4.69) is 54.7 Å². The molecule has 2 rings (SSSR count). The third kappa shape index (κ3) is 4.91. The first-order valence-corrected chi connectivity index (χ1v) is 8.54. The molecule has 0 amide bonds. The zero-order valence-corrected chi connectivity index (χ0v) is 14.4. The minimum Gasteiger partial charge on any atom is -0.490 e. The highest BCUT2D eigenvalue weighted by Gasteiger charge is 2.04. The molecule has 1 aromatic carbocycles. The topological polar surface area (TPSA) is 21.3 Å². The van der Waals surface area contributed by atoms with Crippen molar-refractivity contribution in [2.45, 2.75) is 6.42 Å².